The van der Waals surface area contributed by atoms with Crippen LogP contribution in [0, 0.1) is 42.4 Å². The van der Waals surface area contributed by atoms with Crippen molar-refractivity contribution in [1.29, 1.82) is 10.5 Å². The van der Waals surface area contributed by atoms with E-state index >= 15 is 0 Å². The molecule has 0 saturated heterocycles. The molecule has 322 valence electrons. The van der Waals surface area contributed by atoms with E-state index in [0.717, 1.165) is 22.2 Å². The zero-order valence-corrected chi connectivity index (χ0v) is 34.8. The first kappa shape index (κ1) is 42.3. The Labute approximate surface area is 382 Å². The summed E-state index contributed by atoms with van der Waals surface area (Å²) in [6.45, 7) is 23.6. The highest BCUT2D eigenvalue weighted by atomic mass is 19.4. The van der Waals surface area contributed by atoms with E-state index < -0.39 is 29.0 Å². The van der Waals surface area contributed by atoms with Gasteiger partial charge in [-0.15, -0.1) is 0 Å². The van der Waals surface area contributed by atoms with E-state index in [2.05, 4.69) is 26.7 Å². The van der Waals surface area contributed by atoms with Gasteiger partial charge in [0, 0.05) is 32.7 Å². The van der Waals surface area contributed by atoms with Gasteiger partial charge in [-0.2, -0.15) is 36.9 Å². The molecule has 10 aromatic rings. The van der Waals surface area contributed by atoms with E-state index in [9.17, 15) is 36.9 Å². The first-order valence-electron chi connectivity index (χ1n) is 20.5. The lowest BCUT2D eigenvalue weighted by Crippen LogP contribution is -2.12. The van der Waals surface area contributed by atoms with Gasteiger partial charge < -0.3 is 9.13 Å². The van der Waals surface area contributed by atoms with Gasteiger partial charge in [-0.25, -0.2) is 14.5 Å². The lowest BCUT2D eigenvalue weighted by Gasteiger charge is -2.21. The number of para-hydroxylation sites is 2. The standard InChI is InChI=1S/C55H25F6N7/c1-64-38-20-31(29-62)18-35(22-38)33-12-16-50-44(24-33)41-8-4-6-10-48(41)67(50)52-27-43(40-15-14-37(54(56,57)58)26-46(40)55(59,60)61)47(66-3)28-53(52)68-49-11-7-5-9-42(49)45-25-34(13-17-51(45)68)36-19-32(30-63)21-39(23-36)65-2/h4-28H. The van der Waals surface area contributed by atoms with Crippen LogP contribution in [0.15, 0.2) is 152 Å². The second-order valence-corrected chi connectivity index (χ2v) is 15.9. The fourth-order valence-corrected chi connectivity index (χ4v) is 9.06. The molecular weight excluding hydrogens is 873 g/mol. The highest BCUT2D eigenvalue weighted by Crippen LogP contribution is 2.48. The van der Waals surface area contributed by atoms with Gasteiger partial charge in [0.15, 0.2) is 17.1 Å². The van der Waals surface area contributed by atoms with Crippen LogP contribution in [0.5, 0.6) is 0 Å². The van der Waals surface area contributed by atoms with Crippen LogP contribution in [-0.4, -0.2) is 9.13 Å². The molecule has 10 rings (SSSR count). The molecule has 2 heterocycles. The van der Waals surface area contributed by atoms with Gasteiger partial charge in [0.05, 0.1) is 76.4 Å². The summed E-state index contributed by atoms with van der Waals surface area (Å²) >= 11 is 0. The molecule has 0 aliphatic carbocycles. The lowest BCUT2D eigenvalue weighted by molar-refractivity contribution is -0.142. The maximum atomic E-state index is 15.0. The fraction of sp³-hybridized carbons (Fsp3) is 0.0364. The molecule has 2 aromatic heterocycles. The van der Waals surface area contributed by atoms with Crippen molar-refractivity contribution < 1.29 is 26.3 Å². The predicted octanol–water partition coefficient (Wildman–Crippen LogP) is 16.3. The molecule has 0 fully saturated rings. The summed E-state index contributed by atoms with van der Waals surface area (Å²) < 4.78 is 90.6. The molecule has 68 heavy (non-hydrogen) atoms. The number of rotatable bonds is 5. The summed E-state index contributed by atoms with van der Waals surface area (Å²) in [5, 5.41) is 22.4. The normalized spacial score (nSPS) is 11.6. The predicted molar refractivity (Wildman–Crippen MR) is 250 cm³/mol. The summed E-state index contributed by atoms with van der Waals surface area (Å²) in [6, 6.07) is 44.1. The molecule has 7 nitrogen and oxygen atoms in total. The Bertz CT molecular complexity index is 3960. The van der Waals surface area contributed by atoms with E-state index in [1.807, 2.05) is 81.9 Å². The van der Waals surface area contributed by atoms with E-state index in [1.54, 1.807) is 36.4 Å². The van der Waals surface area contributed by atoms with Crippen molar-refractivity contribution in [1.82, 2.24) is 9.13 Å². The van der Waals surface area contributed by atoms with Crippen LogP contribution in [-0.2, 0) is 12.4 Å². The highest BCUT2D eigenvalue weighted by Gasteiger charge is 2.39. The molecule has 0 radical (unpaired) electrons. The van der Waals surface area contributed by atoms with Crippen LogP contribution in [0.1, 0.15) is 22.3 Å². The van der Waals surface area contributed by atoms with Crippen LogP contribution >= 0.6 is 0 Å². The minimum Gasteiger partial charge on any atom is -0.308 e. The number of hydrogen-bond acceptors (Lipinski definition) is 2. The Kier molecular flexibility index (Phi) is 9.85. The first-order chi connectivity index (χ1) is 32.7. The summed E-state index contributed by atoms with van der Waals surface area (Å²) in [5.74, 6) is 0. The molecule has 8 aromatic carbocycles. The molecule has 0 bridgehead atoms. The van der Waals surface area contributed by atoms with Crippen molar-refractivity contribution in [3.05, 3.63) is 208 Å². The first-order valence-corrected chi connectivity index (χ1v) is 20.5. The molecule has 0 aliphatic rings. The molecule has 0 atom stereocenters. The molecule has 0 saturated carbocycles. The second kappa shape index (κ2) is 15.8. The quantitative estimate of drug-likeness (QED) is 0.128. The highest BCUT2D eigenvalue weighted by molar-refractivity contribution is 6.13. The van der Waals surface area contributed by atoms with Crippen LogP contribution in [0.2, 0.25) is 0 Å². The maximum absolute atomic E-state index is 15.0. The van der Waals surface area contributed by atoms with Gasteiger partial charge in [0.1, 0.15) is 0 Å². The SMILES string of the molecule is [C-]#[N+]c1cc(C#N)cc(-c2ccc3c(c2)c2ccccc2n3-c2cc([N+]#[C-])c(-c3ccc(C(F)(F)F)cc3C(F)(F)F)cc2-n2c3ccccc3c3cc(-c4cc(C#N)cc([N+]#[C-])c4)ccc32)c1. The average Bonchev–Trinajstić information content (AvgIpc) is 3.86. The summed E-state index contributed by atoms with van der Waals surface area (Å²) in [7, 11) is 0. The molecule has 0 spiro atoms. The van der Waals surface area contributed by atoms with E-state index in [0.29, 0.717) is 67.0 Å². The van der Waals surface area contributed by atoms with Gasteiger partial charge in [0.2, 0.25) is 0 Å². The lowest BCUT2D eigenvalue weighted by atomic mass is 9.94. The third-order valence-electron chi connectivity index (χ3n) is 12.0. The third-order valence-corrected chi connectivity index (χ3v) is 12.0. The van der Waals surface area contributed by atoms with Crippen molar-refractivity contribution in [2.24, 2.45) is 0 Å². The van der Waals surface area contributed by atoms with Crippen molar-refractivity contribution in [3.8, 4) is 56.9 Å². The van der Waals surface area contributed by atoms with Gasteiger partial charge >= 0.3 is 12.4 Å². The van der Waals surface area contributed by atoms with Gasteiger partial charge in [-0.1, -0.05) is 54.6 Å². The van der Waals surface area contributed by atoms with Crippen LogP contribution < -0.4 is 0 Å². The number of nitrogens with zero attached hydrogens (tertiary/aromatic N) is 7. The monoisotopic (exact) mass is 897 g/mol. The number of alkyl halides is 6. The number of halogens is 6. The molecule has 0 aliphatic heterocycles. The third kappa shape index (κ3) is 6.98. The van der Waals surface area contributed by atoms with Crippen molar-refractivity contribution in [2.45, 2.75) is 12.4 Å². The number of aromatic nitrogens is 2. The Hall–Kier alpha value is -9.61. The Balaban J connectivity index is 1.32. The number of fused-ring (bicyclic) bond motifs is 6. The van der Waals surface area contributed by atoms with Crippen molar-refractivity contribution in [3.63, 3.8) is 0 Å². The molecular formula is C55H25F6N7. The zero-order chi connectivity index (χ0) is 47.6. The van der Waals surface area contributed by atoms with Crippen LogP contribution in [0.3, 0.4) is 0 Å². The van der Waals surface area contributed by atoms with E-state index in [-0.39, 0.29) is 39.9 Å². The largest absolute Gasteiger partial charge is 0.416 e. The van der Waals surface area contributed by atoms with Gasteiger partial charge in [0.25, 0.3) is 0 Å². The number of hydrogen-bond donors (Lipinski definition) is 0. The molecule has 0 amide bonds. The average molecular weight is 898 g/mol. The summed E-state index contributed by atoms with van der Waals surface area (Å²) in [5.41, 5.74) is 2.67. The van der Waals surface area contributed by atoms with Gasteiger partial charge in [-0.3, -0.25) is 0 Å². The van der Waals surface area contributed by atoms with Gasteiger partial charge in [-0.05, 0) is 130 Å². The van der Waals surface area contributed by atoms with Crippen molar-refractivity contribution in [2.75, 3.05) is 0 Å². The molecule has 0 unspecified atom stereocenters. The molecule has 13 heteroatoms. The smallest absolute Gasteiger partial charge is 0.308 e. The minimum atomic E-state index is -5.25. The van der Waals surface area contributed by atoms with Crippen molar-refractivity contribution >= 4 is 60.7 Å². The topological polar surface area (TPSA) is 70.5 Å². The molecule has 0 N–H and O–H groups in total. The second-order valence-electron chi connectivity index (χ2n) is 15.9. The Morgan fingerprint density at radius 3 is 1.37 bits per heavy atom. The van der Waals surface area contributed by atoms with Crippen LogP contribution in [0.25, 0.3) is 103 Å². The van der Waals surface area contributed by atoms with E-state index in [4.69, 9.17) is 19.7 Å². The number of nitriles is 2. The summed E-state index contributed by atoms with van der Waals surface area (Å²) in [6.07, 6.45) is -10.3. The van der Waals surface area contributed by atoms with E-state index in [1.165, 1.54) is 24.3 Å². The zero-order valence-electron chi connectivity index (χ0n) is 34.8. The Morgan fingerprint density at radius 1 is 0.426 bits per heavy atom. The fourth-order valence-electron chi connectivity index (χ4n) is 9.06. The van der Waals surface area contributed by atoms with Crippen LogP contribution in [0.4, 0.5) is 43.4 Å². The Morgan fingerprint density at radius 2 is 0.912 bits per heavy atom. The summed E-state index contributed by atoms with van der Waals surface area (Å²) in [4.78, 5) is 10.8. The number of benzene rings is 8. The maximum Gasteiger partial charge on any atom is 0.416 e. The minimum absolute atomic E-state index is 0.0668.